The molecule has 0 aliphatic heterocycles. The van der Waals surface area contributed by atoms with Gasteiger partial charge >= 0.3 is 5.97 Å². The number of aromatic nitrogens is 2. The van der Waals surface area contributed by atoms with Crippen LogP contribution in [0.1, 0.15) is 32.9 Å². The normalized spacial score (nSPS) is 15.0. The van der Waals surface area contributed by atoms with Crippen LogP contribution in [0.25, 0.3) is 0 Å². The molecule has 0 aliphatic rings. The van der Waals surface area contributed by atoms with Crippen LogP contribution in [-0.4, -0.2) is 68.7 Å². The molecule has 0 saturated heterocycles. The van der Waals surface area contributed by atoms with Gasteiger partial charge in [-0.3, -0.25) is 14.4 Å². The van der Waals surface area contributed by atoms with Crippen molar-refractivity contribution in [3.63, 3.8) is 0 Å². The molecule has 0 aromatic carbocycles. The average Bonchev–Trinajstić information content (AvgIpc) is 3.17. The molecule has 0 fully saturated rings. The van der Waals surface area contributed by atoms with Crippen molar-refractivity contribution in [3.8, 4) is 0 Å². The summed E-state index contributed by atoms with van der Waals surface area (Å²) in [6.07, 6.45) is 3.19. The van der Waals surface area contributed by atoms with Crippen LogP contribution in [0.2, 0.25) is 0 Å². The zero-order chi connectivity index (χ0) is 22.8. The van der Waals surface area contributed by atoms with E-state index in [1.165, 1.54) is 19.4 Å². The SMILES string of the molecule is CC(C)CC(NC(=O)C(Cc1cnc[nH]1)NC(=O)C(CS)NC(=O)C(C)N)C(=O)O. The fourth-order valence-electron chi connectivity index (χ4n) is 2.56. The molecule has 3 amide bonds. The van der Waals surface area contributed by atoms with E-state index in [0.717, 1.165) is 0 Å². The van der Waals surface area contributed by atoms with Gasteiger partial charge in [-0.1, -0.05) is 13.8 Å². The van der Waals surface area contributed by atoms with E-state index >= 15 is 0 Å². The topological polar surface area (TPSA) is 179 Å². The molecule has 1 heterocycles. The molecule has 4 unspecified atom stereocenters. The number of thiol groups is 1. The lowest BCUT2D eigenvalue weighted by atomic mass is 10.0. The van der Waals surface area contributed by atoms with Gasteiger partial charge in [-0.05, 0) is 19.3 Å². The molecular formula is C18H30N6O5S. The molecule has 11 nitrogen and oxygen atoms in total. The van der Waals surface area contributed by atoms with Crippen LogP contribution in [-0.2, 0) is 25.6 Å². The second-order valence-electron chi connectivity index (χ2n) is 7.40. The van der Waals surface area contributed by atoms with Gasteiger partial charge in [-0.15, -0.1) is 0 Å². The van der Waals surface area contributed by atoms with Gasteiger partial charge in [0.05, 0.1) is 12.4 Å². The first-order valence-corrected chi connectivity index (χ1v) is 10.2. The summed E-state index contributed by atoms with van der Waals surface area (Å²) in [7, 11) is 0. The maximum absolute atomic E-state index is 12.8. The maximum Gasteiger partial charge on any atom is 0.326 e. The highest BCUT2D eigenvalue weighted by Gasteiger charge is 2.30. The van der Waals surface area contributed by atoms with Gasteiger partial charge in [0.25, 0.3) is 0 Å². The second-order valence-corrected chi connectivity index (χ2v) is 7.77. The lowest BCUT2D eigenvalue weighted by Gasteiger charge is -2.24. The summed E-state index contributed by atoms with van der Waals surface area (Å²) in [4.78, 5) is 55.4. The van der Waals surface area contributed by atoms with Crippen LogP contribution in [0.3, 0.4) is 0 Å². The smallest absolute Gasteiger partial charge is 0.326 e. The first kappa shape index (κ1) is 25.4. The number of carboxylic acids is 1. The third-order valence-electron chi connectivity index (χ3n) is 4.16. The molecule has 0 spiro atoms. The largest absolute Gasteiger partial charge is 0.480 e. The number of nitrogens with one attached hydrogen (secondary N) is 4. The van der Waals surface area contributed by atoms with Gasteiger partial charge in [0.15, 0.2) is 0 Å². The van der Waals surface area contributed by atoms with Crippen molar-refractivity contribution in [1.29, 1.82) is 0 Å². The van der Waals surface area contributed by atoms with E-state index in [-0.39, 0.29) is 24.5 Å². The van der Waals surface area contributed by atoms with Crippen LogP contribution >= 0.6 is 12.6 Å². The van der Waals surface area contributed by atoms with Crippen LogP contribution in [0.5, 0.6) is 0 Å². The highest BCUT2D eigenvalue weighted by molar-refractivity contribution is 7.80. The number of nitrogens with zero attached hydrogens (tertiary/aromatic N) is 1. The third-order valence-corrected chi connectivity index (χ3v) is 4.53. The highest BCUT2D eigenvalue weighted by Crippen LogP contribution is 2.07. The van der Waals surface area contributed by atoms with E-state index in [2.05, 4.69) is 38.5 Å². The highest BCUT2D eigenvalue weighted by atomic mass is 32.1. The molecule has 12 heteroatoms. The number of carbonyl (C=O) groups is 4. The zero-order valence-corrected chi connectivity index (χ0v) is 18.1. The number of aromatic amines is 1. The first-order chi connectivity index (χ1) is 14.0. The Balaban J connectivity index is 2.96. The van der Waals surface area contributed by atoms with E-state index in [1.807, 2.05) is 13.8 Å². The zero-order valence-electron chi connectivity index (χ0n) is 17.2. The Labute approximate surface area is 180 Å². The summed E-state index contributed by atoms with van der Waals surface area (Å²) < 4.78 is 0. The summed E-state index contributed by atoms with van der Waals surface area (Å²) in [5.74, 6) is -3.00. The molecule has 0 radical (unpaired) electrons. The Morgan fingerprint density at radius 3 is 2.10 bits per heavy atom. The van der Waals surface area contributed by atoms with E-state index in [9.17, 15) is 24.3 Å². The number of carbonyl (C=O) groups excluding carboxylic acids is 3. The summed E-state index contributed by atoms with van der Waals surface area (Å²) >= 11 is 4.07. The number of hydrogen-bond acceptors (Lipinski definition) is 7. The third kappa shape index (κ3) is 8.41. The van der Waals surface area contributed by atoms with Crippen LogP contribution in [0.15, 0.2) is 12.5 Å². The average molecular weight is 443 g/mol. The van der Waals surface area contributed by atoms with Crippen LogP contribution in [0.4, 0.5) is 0 Å². The van der Waals surface area contributed by atoms with Gasteiger partial charge in [-0.2, -0.15) is 12.6 Å². The van der Waals surface area contributed by atoms with Gasteiger partial charge < -0.3 is 31.8 Å². The molecule has 0 saturated carbocycles. The van der Waals surface area contributed by atoms with Gasteiger partial charge in [-0.25, -0.2) is 9.78 Å². The molecule has 4 atom stereocenters. The molecule has 1 aromatic rings. The number of amides is 3. The van der Waals surface area contributed by atoms with Crippen molar-refractivity contribution < 1.29 is 24.3 Å². The fraction of sp³-hybridized carbons (Fsp3) is 0.611. The number of rotatable bonds is 12. The Morgan fingerprint density at radius 1 is 1.07 bits per heavy atom. The minimum Gasteiger partial charge on any atom is -0.480 e. The predicted molar refractivity (Wildman–Crippen MR) is 113 cm³/mol. The fourth-order valence-corrected chi connectivity index (χ4v) is 2.82. The molecule has 1 aromatic heterocycles. The molecule has 0 aliphatic carbocycles. The van der Waals surface area contributed by atoms with E-state index in [0.29, 0.717) is 5.69 Å². The number of hydrogen-bond donors (Lipinski definition) is 7. The van der Waals surface area contributed by atoms with Crippen LogP contribution in [0, 0.1) is 5.92 Å². The van der Waals surface area contributed by atoms with Crippen molar-refractivity contribution >= 4 is 36.3 Å². The van der Waals surface area contributed by atoms with Crippen molar-refractivity contribution in [3.05, 3.63) is 18.2 Å². The van der Waals surface area contributed by atoms with Crippen LogP contribution < -0.4 is 21.7 Å². The summed E-state index contributed by atoms with van der Waals surface area (Å²) in [5, 5.41) is 16.9. The Kier molecular flexibility index (Phi) is 10.3. The quantitative estimate of drug-likeness (QED) is 0.199. The molecule has 1 rings (SSSR count). The number of imidazole rings is 1. The first-order valence-electron chi connectivity index (χ1n) is 9.52. The number of H-pyrrole nitrogens is 1. The lowest BCUT2D eigenvalue weighted by molar-refractivity contribution is -0.142. The lowest BCUT2D eigenvalue weighted by Crippen LogP contribution is -2.58. The maximum atomic E-state index is 12.8. The molecular weight excluding hydrogens is 412 g/mol. The second kappa shape index (κ2) is 12.2. The van der Waals surface area contributed by atoms with Crippen molar-refractivity contribution in [2.75, 3.05) is 5.75 Å². The van der Waals surface area contributed by atoms with Gasteiger partial charge in [0.2, 0.25) is 17.7 Å². The molecule has 30 heavy (non-hydrogen) atoms. The minimum atomic E-state index is -1.17. The van der Waals surface area contributed by atoms with E-state index in [1.54, 1.807) is 0 Å². The molecule has 168 valence electrons. The number of carboxylic acid groups (broad SMARTS) is 1. The van der Waals surface area contributed by atoms with E-state index in [4.69, 9.17) is 5.73 Å². The van der Waals surface area contributed by atoms with Gasteiger partial charge in [0, 0.05) is 24.1 Å². The number of aliphatic carboxylic acids is 1. The Morgan fingerprint density at radius 2 is 1.63 bits per heavy atom. The number of nitrogens with two attached hydrogens (primary N) is 1. The van der Waals surface area contributed by atoms with Gasteiger partial charge in [0.1, 0.15) is 18.1 Å². The monoisotopic (exact) mass is 442 g/mol. The standard InChI is InChI=1S/C18H30N6O5S/c1-9(2)4-13(18(28)29)23-16(26)12(5-11-6-20-8-21-11)22-17(27)14(7-30)24-15(25)10(3)19/h6,8-10,12-14,30H,4-5,7,19H2,1-3H3,(H,20,21)(H,22,27)(H,23,26)(H,24,25)(H,28,29). The Bertz CT molecular complexity index is 725. The minimum absolute atomic E-state index is 0.0200. The van der Waals surface area contributed by atoms with Crippen molar-refractivity contribution in [2.24, 2.45) is 11.7 Å². The molecule has 0 bridgehead atoms. The summed E-state index contributed by atoms with van der Waals surface area (Å²) in [6, 6.07) is -4.04. The summed E-state index contributed by atoms with van der Waals surface area (Å²) in [6.45, 7) is 5.15. The molecule has 7 N–H and O–H groups in total. The predicted octanol–water partition coefficient (Wildman–Crippen LogP) is -1.19. The van der Waals surface area contributed by atoms with E-state index < -0.39 is 47.9 Å². The Hall–Kier alpha value is -2.60. The van der Waals surface area contributed by atoms with Crippen molar-refractivity contribution in [2.45, 2.75) is 57.8 Å². The van der Waals surface area contributed by atoms with Crippen molar-refractivity contribution in [1.82, 2.24) is 25.9 Å². The summed E-state index contributed by atoms with van der Waals surface area (Å²) in [5.41, 5.74) is 6.07.